The highest BCUT2D eigenvalue weighted by molar-refractivity contribution is 7.95. The van der Waals surface area contributed by atoms with E-state index in [2.05, 4.69) is 24.3 Å². The monoisotopic (exact) mass is 404 g/mol. The second-order valence-electron chi connectivity index (χ2n) is 7.24. The molecule has 2 atom stereocenters. The maximum Gasteiger partial charge on any atom is 0.244 e. The van der Waals surface area contributed by atoms with Crippen LogP contribution in [0.25, 0.3) is 0 Å². The number of piperidine rings is 1. The largest absolute Gasteiger partial charge is 0.593 e. The topological polar surface area (TPSA) is 63.7 Å². The third-order valence-electron chi connectivity index (χ3n) is 5.67. The fraction of sp³-hybridized carbons (Fsp3) is 0.450. The van der Waals surface area contributed by atoms with Gasteiger partial charge in [0.05, 0.1) is 0 Å². The number of hydrogen-bond donors (Lipinski definition) is 0. The first-order valence-corrected chi connectivity index (χ1v) is 11.8. The molecule has 2 aliphatic heterocycles. The van der Waals surface area contributed by atoms with Gasteiger partial charge in [0, 0.05) is 31.1 Å². The van der Waals surface area contributed by atoms with Gasteiger partial charge in [0.1, 0.15) is 6.04 Å². The molecule has 5 nitrogen and oxygen atoms in total. The maximum absolute atomic E-state index is 13.1. The summed E-state index contributed by atoms with van der Waals surface area (Å²) in [5.74, 6) is 0.447. The third-order valence-corrected chi connectivity index (χ3v) is 8.40. The van der Waals surface area contributed by atoms with Crippen LogP contribution in [0.4, 0.5) is 0 Å². The number of likely N-dealkylation sites (tertiary alicyclic amines) is 1. The molecule has 2 saturated heterocycles. The minimum Gasteiger partial charge on any atom is -0.593 e. The first kappa shape index (κ1) is 18.8. The maximum atomic E-state index is 13.1. The lowest BCUT2D eigenvalue weighted by Gasteiger charge is -2.36. The second-order valence-corrected chi connectivity index (χ2v) is 9.91. The lowest BCUT2D eigenvalue weighted by molar-refractivity contribution is -0.135. The number of benzene rings is 1. The minimum atomic E-state index is -3.59. The molecule has 1 amide bonds. The zero-order valence-corrected chi connectivity index (χ0v) is 16.8. The van der Waals surface area contributed by atoms with Gasteiger partial charge in [-0.25, -0.2) is 0 Å². The Hall–Kier alpha value is -1.54. The molecular formula is C20H24N2O3S2. The van der Waals surface area contributed by atoms with Crippen molar-refractivity contribution in [2.75, 3.05) is 19.6 Å². The van der Waals surface area contributed by atoms with E-state index < -0.39 is 16.4 Å². The summed E-state index contributed by atoms with van der Waals surface area (Å²) in [6, 6.07) is 11.5. The number of sulfonamides is 1. The Labute approximate surface area is 165 Å². The van der Waals surface area contributed by atoms with E-state index in [9.17, 15) is 13.6 Å². The van der Waals surface area contributed by atoms with Crippen LogP contribution in [0.3, 0.4) is 0 Å². The van der Waals surface area contributed by atoms with Crippen LogP contribution in [0.2, 0.25) is 0 Å². The van der Waals surface area contributed by atoms with Crippen LogP contribution in [0, 0.1) is 0 Å². The third kappa shape index (κ3) is 3.74. The Kier molecular flexibility index (Phi) is 5.45. The number of hydrogen-bond acceptors (Lipinski definition) is 4. The van der Waals surface area contributed by atoms with Gasteiger partial charge >= 0.3 is 0 Å². The Morgan fingerprint density at radius 3 is 2.48 bits per heavy atom. The Morgan fingerprint density at radius 2 is 1.81 bits per heavy atom. The number of carbonyl (C=O) groups is 1. The molecule has 3 heterocycles. The molecule has 0 N–H and O–H groups in total. The Balaban J connectivity index is 1.43. The van der Waals surface area contributed by atoms with E-state index in [0.717, 1.165) is 19.3 Å². The molecule has 2 aromatic rings. The predicted molar refractivity (Wildman–Crippen MR) is 106 cm³/mol. The molecule has 144 valence electrons. The molecule has 0 bridgehead atoms. The molecular weight excluding hydrogens is 380 g/mol. The summed E-state index contributed by atoms with van der Waals surface area (Å²) in [6.45, 7) is 1.82. The average Bonchev–Trinajstić information content (AvgIpc) is 3.41. The van der Waals surface area contributed by atoms with E-state index in [1.54, 1.807) is 16.8 Å². The van der Waals surface area contributed by atoms with Crippen LogP contribution in [0.1, 0.15) is 37.2 Å². The van der Waals surface area contributed by atoms with Crippen LogP contribution >= 0.6 is 11.3 Å². The lowest BCUT2D eigenvalue weighted by atomic mass is 9.89. The van der Waals surface area contributed by atoms with Gasteiger partial charge in [-0.3, -0.25) is 4.79 Å². The molecule has 7 heteroatoms. The Morgan fingerprint density at radius 1 is 1.07 bits per heavy atom. The van der Waals surface area contributed by atoms with Crippen LogP contribution in [0.5, 0.6) is 0 Å². The van der Waals surface area contributed by atoms with Crippen molar-refractivity contribution in [2.45, 2.75) is 42.5 Å². The highest BCUT2D eigenvalue weighted by Crippen LogP contribution is 2.33. The van der Waals surface area contributed by atoms with Gasteiger partial charge in [0.2, 0.25) is 5.91 Å². The van der Waals surface area contributed by atoms with Crippen molar-refractivity contribution in [3.8, 4) is 0 Å². The summed E-state index contributed by atoms with van der Waals surface area (Å²) in [5.41, 5.74) is 1.33. The van der Waals surface area contributed by atoms with Gasteiger partial charge in [-0.1, -0.05) is 34.5 Å². The number of amides is 1. The summed E-state index contributed by atoms with van der Waals surface area (Å²) in [6.07, 6.45) is 3.21. The average molecular weight is 405 g/mol. The zero-order chi connectivity index (χ0) is 18.9. The number of carbonyl (C=O) groups excluding carboxylic acids is 1. The molecule has 0 aliphatic carbocycles. The SMILES string of the molecule is O=C(C1CCCN1[S+](=O)([O-])c1ccsc1)N1CCC(c2ccccc2)CC1. The normalized spacial score (nSPS) is 24.0. The number of thiophene rings is 1. The van der Waals surface area contributed by atoms with Gasteiger partial charge < -0.3 is 9.45 Å². The van der Waals surface area contributed by atoms with Crippen LogP contribution in [-0.4, -0.2) is 45.3 Å². The van der Waals surface area contributed by atoms with E-state index >= 15 is 0 Å². The van der Waals surface area contributed by atoms with Crippen molar-refractivity contribution < 1.29 is 13.6 Å². The van der Waals surface area contributed by atoms with Crippen molar-refractivity contribution in [3.63, 3.8) is 0 Å². The first-order valence-electron chi connectivity index (χ1n) is 9.45. The van der Waals surface area contributed by atoms with Crippen molar-refractivity contribution in [3.05, 3.63) is 52.7 Å². The van der Waals surface area contributed by atoms with Crippen molar-refractivity contribution in [1.82, 2.24) is 9.21 Å². The quantitative estimate of drug-likeness (QED) is 0.733. The summed E-state index contributed by atoms with van der Waals surface area (Å²) in [7, 11) is -3.59. The molecule has 1 aromatic carbocycles. The molecule has 1 aromatic heterocycles. The van der Waals surface area contributed by atoms with E-state index in [0.29, 0.717) is 36.9 Å². The summed E-state index contributed by atoms with van der Waals surface area (Å²) >= 11 is 1.36. The molecule has 4 rings (SSSR count). The van der Waals surface area contributed by atoms with Crippen molar-refractivity contribution in [1.29, 1.82) is 0 Å². The van der Waals surface area contributed by atoms with E-state index in [1.807, 2.05) is 11.0 Å². The zero-order valence-electron chi connectivity index (χ0n) is 15.2. The number of rotatable bonds is 4. The van der Waals surface area contributed by atoms with Gasteiger partial charge in [0.25, 0.3) is 0 Å². The smallest absolute Gasteiger partial charge is 0.244 e. The van der Waals surface area contributed by atoms with Crippen LogP contribution in [0.15, 0.2) is 52.1 Å². The first-order chi connectivity index (χ1) is 13.1. The van der Waals surface area contributed by atoms with Crippen LogP contribution < -0.4 is 0 Å². The highest BCUT2D eigenvalue weighted by atomic mass is 32.3. The van der Waals surface area contributed by atoms with E-state index in [4.69, 9.17) is 0 Å². The molecule has 0 radical (unpaired) electrons. The summed E-state index contributed by atoms with van der Waals surface area (Å²) < 4.78 is 27.2. The Bertz CT molecular complexity index is 817. The fourth-order valence-corrected chi connectivity index (χ4v) is 6.84. The molecule has 2 unspecified atom stereocenters. The second kappa shape index (κ2) is 7.83. The van der Waals surface area contributed by atoms with Gasteiger partial charge in [-0.05, 0) is 42.5 Å². The molecule has 2 aliphatic rings. The van der Waals surface area contributed by atoms with Gasteiger partial charge in [-0.2, -0.15) is 0 Å². The molecule has 2 fully saturated rings. The van der Waals surface area contributed by atoms with Crippen LogP contribution in [-0.2, 0) is 19.4 Å². The predicted octanol–water partition coefficient (Wildman–Crippen LogP) is 3.52. The molecule has 0 spiro atoms. The van der Waals surface area contributed by atoms with E-state index in [-0.39, 0.29) is 5.91 Å². The van der Waals surface area contributed by atoms with Gasteiger partial charge in [0.15, 0.2) is 15.3 Å². The number of nitrogens with zero attached hydrogens (tertiary/aromatic N) is 2. The fourth-order valence-electron chi connectivity index (χ4n) is 4.18. The summed E-state index contributed by atoms with van der Waals surface area (Å²) in [4.78, 5) is 15.3. The summed E-state index contributed by atoms with van der Waals surface area (Å²) in [5, 5.41) is 3.40. The standard InChI is InChI=1S/C20H24N2O3S2/c23-20(21-12-8-17(9-13-21)16-5-2-1-3-6-16)19-7-4-11-22(19)27(24,25)18-10-14-26-15-18/h1-3,5-6,10,14-15,17,19H,4,7-9,11-13H2. The van der Waals surface area contributed by atoms with Crippen molar-refractivity contribution >= 4 is 27.6 Å². The van der Waals surface area contributed by atoms with Gasteiger partial charge in [-0.15, -0.1) is 15.6 Å². The lowest BCUT2D eigenvalue weighted by Crippen LogP contribution is -2.51. The van der Waals surface area contributed by atoms with Crippen molar-refractivity contribution in [2.24, 2.45) is 0 Å². The minimum absolute atomic E-state index is 0.0298. The molecule has 27 heavy (non-hydrogen) atoms. The highest BCUT2D eigenvalue weighted by Gasteiger charge is 2.45. The van der Waals surface area contributed by atoms with E-state index in [1.165, 1.54) is 21.2 Å². The molecule has 0 saturated carbocycles.